The molecule has 96 valence electrons. The second-order valence-corrected chi connectivity index (χ2v) is 5.79. The summed E-state index contributed by atoms with van der Waals surface area (Å²) in [4.78, 5) is 4.16. The van der Waals surface area contributed by atoms with Crippen molar-refractivity contribution >= 4 is 27.0 Å². The van der Waals surface area contributed by atoms with E-state index in [1.807, 2.05) is 10.6 Å². The molecule has 3 rings (SSSR count). The number of imidazole rings is 1. The molecule has 1 heterocycles. The zero-order valence-corrected chi connectivity index (χ0v) is 11.4. The SMILES string of the molecule is OC1CCC(n2cnc3c(F)cc(Br)cc32)CC1. The molecule has 1 aliphatic rings. The van der Waals surface area contributed by atoms with Crippen molar-refractivity contribution in [3.8, 4) is 0 Å². The topological polar surface area (TPSA) is 38.0 Å². The van der Waals surface area contributed by atoms with Crippen LogP contribution < -0.4 is 0 Å². The maximum Gasteiger partial charge on any atom is 0.152 e. The molecule has 0 radical (unpaired) electrons. The molecule has 0 saturated heterocycles. The fraction of sp³-hybridized carbons (Fsp3) is 0.462. The lowest BCUT2D eigenvalue weighted by molar-refractivity contribution is 0.111. The molecule has 0 spiro atoms. The van der Waals surface area contributed by atoms with Crippen LogP contribution in [0.2, 0.25) is 0 Å². The Morgan fingerprint density at radius 1 is 1.28 bits per heavy atom. The van der Waals surface area contributed by atoms with E-state index in [0.717, 1.165) is 35.7 Å². The average Bonchev–Trinajstić information content (AvgIpc) is 2.74. The van der Waals surface area contributed by atoms with Crippen molar-refractivity contribution < 1.29 is 9.50 Å². The number of benzene rings is 1. The van der Waals surface area contributed by atoms with Gasteiger partial charge in [-0.3, -0.25) is 0 Å². The Morgan fingerprint density at radius 2 is 2.00 bits per heavy atom. The normalized spacial score (nSPS) is 24.6. The van der Waals surface area contributed by atoms with Crippen molar-refractivity contribution in [1.29, 1.82) is 0 Å². The van der Waals surface area contributed by atoms with E-state index in [9.17, 15) is 9.50 Å². The lowest BCUT2D eigenvalue weighted by Crippen LogP contribution is -2.20. The van der Waals surface area contributed by atoms with E-state index in [2.05, 4.69) is 20.9 Å². The maximum absolute atomic E-state index is 13.7. The number of fused-ring (bicyclic) bond motifs is 1. The van der Waals surface area contributed by atoms with Crippen LogP contribution in [0.1, 0.15) is 31.7 Å². The number of halogens is 2. The number of aliphatic hydroxyl groups excluding tert-OH is 1. The Bertz CT molecular complexity index is 576. The molecular formula is C13H14BrFN2O. The summed E-state index contributed by atoms with van der Waals surface area (Å²) in [6.45, 7) is 0. The molecule has 1 saturated carbocycles. The third-order valence-electron chi connectivity index (χ3n) is 3.66. The van der Waals surface area contributed by atoms with E-state index in [1.54, 1.807) is 6.33 Å². The standard InChI is InChI=1S/C13H14BrFN2O/c14-8-5-11(15)13-12(6-8)17(7-16-13)9-1-3-10(18)4-2-9/h5-7,9-10,18H,1-4H2. The van der Waals surface area contributed by atoms with Crippen molar-refractivity contribution in [2.75, 3.05) is 0 Å². The van der Waals surface area contributed by atoms with Gasteiger partial charge in [-0.1, -0.05) is 15.9 Å². The molecule has 3 nitrogen and oxygen atoms in total. The van der Waals surface area contributed by atoms with Crippen molar-refractivity contribution in [2.24, 2.45) is 0 Å². The van der Waals surface area contributed by atoms with E-state index in [4.69, 9.17) is 0 Å². The first kappa shape index (κ1) is 12.1. The van der Waals surface area contributed by atoms with Crippen molar-refractivity contribution in [3.63, 3.8) is 0 Å². The highest BCUT2D eigenvalue weighted by Crippen LogP contribution is 2.32. The number of hydrogen-bond acceptors (Lipinski definition) is 2. The van der Waals surface area contributed by atoms with Crippen LogP contribution in [0.5, 0.6) is 0 Å². The Hall–Kier alpha value is -0.940. The molecule has 0 atom stereocenters. The van der Waals surface area contributed by atoms with Gasteiger partial charge in [-0.15, -0.1) is 0 Å². The molecule has 1 aliphatic carbocycles. The first-order valence-electron chi connectivity index (χ1n) is 6.15. The zero-order chi connectivity index (χ0) is 12.7. The van der Waals surface area contributed by atoms with Gasteiger partial charge in [0.1, 0.15) is 5.52 Å². The van der Waals surface area contributed by atoms with Gasteiger partial charge in [0.15, 0.2) is 5.82 Å². The largest absolute Gasteiger partial charge is 0.393 e. The highest BCUT2D eigenvalue weighted by molar-refractivity contribution is 9.10. The van der Waals surface area contributed by atoms with E-state index in [1.165, 1.54) is 6.07 Å². The Morgan fingerprint density at radius 3 is 2.72 bits per heavy atom. The summed E-state index contributed by atoms with van der Waals surface area (Å²) in [5, 5.41) is 9.53. The number of aromatic nitrogens is 2. The number of aliphatic hydroxyl groups is 1. The monoisotopic (exact) mass is 312 g/mol. The molecule has 18 heavy (non-hydrogen) atoms. The van der Waals surface area contributed by atoms with Crippen LogP contribution in [-0.2, 0) is 0 Å². The highest BCUT2D eigenvalue weighted by Gasteiger charge is 2.22. The summed E-state index contributed by atoms with van der Waals surface area (Å²) in [5.41, 5.74) is 1.24. The quantitative estimate of drug-likeness (QED) is 0.876. The molecule has 1 N–H and O–H groups in total. The zero-order valence-electron chi connectivity index (χ0n) is 9.81. The average molecular weight is 313 g/mol. The fourth-order valence-electron chi connectivity index (χ4n) is 2.69. The number of nitrogens with zero attached hydrogens (tertiary/aromatic N) is 2. The summed E-state index contributed by atoms with van der Waals surface area (Å²) in [6, 6.07) is 3.65. The predicted octanol–water partition coefficient (Wildman–Crippen LogP) is 3.41. The molecule has 1 aromatic heterocycles. The van der Waals surface area contributed by atoms with Crippen molar-refractivity contribution in [3.05, 3.63) is 28.7 Å². The van der Waals surface area contributed by atoms with Crippen LogP contribution >= 0.6 is 15.9 Å². The molecular weight excluding hydrogens is 299 g/mol. The number of hydrogen-bond donors (Lipinski definition) is 1. The van der Waals surface area contributed by atoms with Gasteiger partial charge in [0, 0.05) is 10.5 Å². The van der Waals surface area contributed by atoms with Gasteiger partial charge in [-0.25, -0.2) is 9.37 Å². The van der Waals surface area contributed by atoms with Gasteiger partial charge in [-0.05, 0) is 37.8 Å². The van der Waals surface area contributed by atoms with Gasteiger partial charge in [0.05, 0.1) is 17.9 Å². The van der Waals surface area contributed by atoms with Crippen LogP contribution in [0.25, 0.3) is 11.0 Å². The van der Waals surface area contributed by atoms with Crippen molar-refractivity contribution in [2.45, 2.75) is 37.8 Å². The minimum atomic E-state index is -0.297. The highest BCUT2D eigenvalue weighted by atomic mass is 79.9. The molecule has 1 fully saturated rings. The van der Waals surface area contributed by atoms with Gasteiger partial charge < -0.3 is 9.67 Å². The first-order chi connectivity index (χ1) is 8.65. The van der Waals surface area contributed by atoms with Crippen LogP contribution in [0.4, 0.5) is 4.39 Å². The van der Waals surface area contributed by atoms with Gasteiger partial charge >= 0.3 is 0 Å². The molecule has 1 aromatic carbocycles. The van der Waals surface area contributed by atoms with E-state index in [0.29, 0.717) is 11.6 Å². The summed E-state index contributed by atoms with van der Waals surface area (Å²) < 4.78 is 16.5. The summed E-state index contributed by atoms with van der Waals surface area (Å²) in [7, 11) is 0. The summed E-state index contributed by atoms with van der Waals surface area (Å²) in [5.74, 6) is -0.297. The van der Waals surface area contributed by atoms with Gasteiger partial charge in [-0.2, -0.15) is 0 Å². The Balaban J connectivity index is 2.02. The van der Waals surface area contributed by atoms with E-state index >= 15 is 0 Å². The minimum absolute atomic E-state index is 0.181. The van der Waals surface area contributed by atoms with E-state index in [-0.39, 0.29) is 11.9 Å². The van der Waals surface area contributed by atoms with Crippen LogP contribution in [0.15, 0.2) is 22.9 Å². The fourth-order valence-corrected chi connectivity index (χ4v) is 3.10. The molecule has 0 bridgehead atoms. The maximum atomic E-state index is 13.7. The second-order valence-electron chi connectivity index (χ2n) is 4.87. The van der Waals surface area contributed by atoms with Gasteiger partial charge in [0.2, 0.25) is 0 Å². The third kappa shape index (κ3) is 2.06. The molecule has 0 unspecified atom stereocenters. The van der Waals surface area contributed by atoms with E-state index < -0.39 is 0 Å². The predicted molar refractivity (Wildman–Crippen MR) is 70.9 cm³/mol. The van der Waals surface area contributed by atoms with Crippen molar-refractivity contribution in [1.82, 2.24) is 9.55 Å². The lowest BCUT2D eigenvalue weighted by atomic mass is 9.93. The van der Waals surface area contributed by atoms with Crippen LogP contribution in [-0.4, -0.2) is 20.8 Å². The number of rotatable bonds is 1. The first-order valence-corrected chi connectivity index (χ1v) is 6.94. The summed E-state index contributed by atoms with van der Waals surface area (Å²) in [6.07, 6.45) is 4.98. The molecule has 0 amide bonds. The minimum Gasteiger partial charge on any atom is -0.393 e. The smallest absolute Gasteiger partial charge is 0.152 e. The summed E-state index contributed by atoms with van der Waals surface area (Å²) >= 11 is 3.31. The molecule has 0 aliphatic heterocycles. The molecule has 5 heteroatoms. The Kier molecular flexibility index (Phi) is 3.11. The Labute approximate surface area is 113 Å². The third-order valence-corrected chi connectivity index (χ3v) is 4.11. The molecule has 2 aromatic rings. The lowest BCUT2D eigenvalue weighted by Gasteiger charge is -2.26. The van der Waals surface area contributed by atoms with Crippen LogP contribution in [0, 0.1) is 5.82 Å². The second kappa shape index (κ2) is 4.63. The van der Waals surface area contributed by atoms with Gasteiger partial charge in [0.25, 0.3) is 0 Å². The van der Waals surface area contributed by atoms with Crippen LogP contribution in [0.3, 0.4) is 0 Å².